The summed E-state index contributed by atoms with van der Waals surface area (Å²) in [5.41, 5.74) is 5.33. The Balaban J connectivity index is 1.33. The predicted molar refractivity (Wildman–Crippen MR) is 168 cm³/mol. The number of carbonyl (C=O) groups is 1. The highest BCUT2D eigenvalue weighted by Gasteiger charge is 2.15. The van der Waals surface area contributed by atoms with Crippen LogP contribution >= 0.6 is 39.1 Å². The number of aromatic nitrogens is 1. The molecule has 0 radical (unpaired) electrons. The van der Waals surface area contributed by atoms with Crippen LogP contribution in [0.1, 0.15) is 18.1 Å². The highest BCUT2D eigenvalue weighted by Crippen LogP contribution is 2.37. The van der Waals surface area contributed by atoms with Gasteiger partial charge in [-0.2, -0.15) is 5.10 Å². The molecular formula is C31H24BrCl2N3O4. The van der Waals surface area contributed by atoms with Crippen LogP contribution in [0.15, 0.2) is 93.2 Å². The largest absolute Gasteiger partial charge is 0.490 e. The third-order valence-corrected chi connectivity index (χ3v) is 7.48. The summed E-state index contributed by atoms with van der Waals surface area (Å²) in [6.45, 7) is 2.49. The van der Waals surface area contributed by atoms with Gasteiger partial charge in [-0.15, -0.1) is 0 Å². The van der Waals surface area contributed by atoms with Crippen molar-refractivity contribution in [2.45, 2.75) is 20.1 Å². The molecule has 0 spiro atoms. The maximum Gasteiger partial charge on any atom is 0.260 e. The molecule has 1 amide bonds. The number of hydrogen-bond acceptors (Lipinski definition) is 5. The monoisotopic (exact) mass is 651 g/mol. The molecule has 0 saturated carbocycles. The van der Waals surface area contributed by atoms with Gasteiger partial charge in [0.2, 0.25) is 0 Å². The van der Waals surface area contributed by atoms with Gasteiger partial charge >= 0.3 is 0 Å². The summed E-state index contributed by atoms with van der Waals surface area (Å²) in [6, 6.07) is 23.3. The number of benzene rings is 4. The lowest BCUT2D eigenvalue weighted by molar-refractivity contribution is -0.121. The van der Waals surface area contributed by atoms with Crippen LogP contribution in [0.3, 0.4) is 0 Å². The fraction of sp³-hybridized carbons (Fsp3) is 0.129. The summed E-state index contributed by atoms with van der Waals surface area (Å²) in [7, 11) is 0. The highest BCUT2D eigenvalue weighted by molar-refractivity contribution is 9.10. The molecule has 0 saturated heterocycles. The van der Waals surface area contributed by atoms with Crippen molar-refractivity contribution >= 4 is 73.1 Å². The minimum absolute atomic E-state index is 0.0213. The minimum Gasteiger partial charge on any atom is -0.490 e. The molecule has 0 atom stereocenters. The lowest BCUT2D eigenvalue weighted by Crippen LogP contribution is -2.25. The van der Waals surface area contributed by atoms with Crippen molar-refractivity contribution in [3.05, 3.63) is 115 Å². The van der Waals surface area contributed by atoms with Crippen molar-refractivity contribution in [3.63, 3.8) is 0 Å². The van der Waals surface area contributed by atoms with Crippen LogP contribution < -0.4 is 20.3 Å². The number of rotatable bonds is 9. The van der Waals surface area contributed by atoms with Gasteiger partial charge in [0.25, 0.3) is 5.91 Å². The van der Waals surface area contributed by atoms with Crippen molar-refractivity contribution in [3.8, 4) is 11.5 Å². The van der Waals surface area contributed by atoms with Crippen LogP contribution in [-0.2, 0) is 17.9 Å². The number of hydrazone groups is 1. The lowest BCUT2D eigenvalue weighted by atomic mass is 10.1. The van der Waals surface area contributed by atoms with Gasteiger partial charge in [-0.1, -0.05) is 53.5 Å². The number of carbonyl (C=O) groups excluding carboxylic acids is 1. The van der Waals surface area contributed by atoms with Crippen molar-refractivity contribution in [2.75, 3.05) is 6.61 Å². The Hall–Kier alpha value is -3.85. The summed E-state index contributed by atoms with van der Waals surface area (Å²) in [4.78, 5) is 25.9. The average Bonchev–Trinajstić information content (AvgIpc) is 2.96. The topological polar surface area (TPSA) is 81.9 Å². The molecule has 5 rings (SSSR count). The second kappa shape index (κ2) is 12.8. The number of nitrogens with one attached hydrogen (secondary N) is 1. The number of nitrogens with zero attached hydrogens (tertiary/aromatic N) is 2. The molecule has 7 nitrogen and oxygen atoms in total. The molecule has 0 bridgehead atoms. The molecule has 0 aliphatic carbocycles. The Morgan fingerprint density at radius 1 is 0.976 bits per heavy atom. The highest BCUT2D eigenvalue weighted by atomic mass is 79.9. The molecule has 1 N–H and O–H groups in total. The van der Waals surface area contributed by atoms with Crippen molar-refractivity contribution in [1.82, 2.24) is 9.99 Å². The molecule has 5 aromatic rings. The van der Waals surface area contributed by atoms with Crippen molar-refractivity contribution in [2.24, 2.45) is 5.10 Å². The van der Waals surface area contributed by atoms with Crippen LogP contribution in [0.2, 0.25) is 10.0 Å². The fourth-order valence-electron chi connectivity index (χ4n) is 4.46. The summed E-state index contributed by atoms with van der Waals surface area (Å²) >= 11 is 15.8. The lowest BCUT2D eigenvalue weighted by Gasteiger charge is -2.15. The van der Waals surface area contributed by atoms with E-state index in [1.807, 2.05) is 54.0 Å². The summed E-state index contributed by atoms with van der Waals surface area (Å²) < 4.78 is 14.3. The molecule has 1 aromatic heterocycles. The molecule has 4 aromatic carbocycles. The van der Waals surface area contributed by atoms with Crippen molar-refractivity contribution < 1.29 is 14.3 Å². The van der Waals surface area contributed by atoms with Gasteiger partial charge in [0.05, 0.1) is 28.3 Å². The maximum atomic E-state index is 12.9. The van der Waals surface area contributed by atoms with E-state index in [4.69, 9.17) is 32.7 Å². The quantitative estimate of drug-likeness (QED) is 0.103. The second-order valence-electron chi connectivity index (χ2n) is 9.03. The third-order valence-electron chi connectivity index (χ3n) is 6.30. The number of pyridine rings is 1. The van der Waals surface area contributed by atoms with E-state index < -0.39 is 0 Å². The zero-order chi connectivity index (χ0) is 28.9. The summed E-state index contributed by atoms with van der Waals surface area (Å²) in [6.07, 6.45) is 1.52. The first-order chi connectivity index (χ1) is 19.9. The van der Waals surface area contributed by atoms with E-state index >= 15 is 0 Å². The molecular weight excluding hydrogens is 629 g/mol. The smallest absolute Gasteiger partial charge is 0.260 e. The standard InChI is InChI=1S/C31H24BrCl2N3O4/c1-2-40-28-14-19(13-24(32)31(28)41-18-20-11-12-21(33)15-25(20)34)16-35-36-29(38)17-37-26-9-5-3-7-22(26)30(39)23-8-4-6-10-27(23)37/h3-16H,2,17-18H2,1H3,(H,36,38)/b35-16+. The molecule has 0 aliphatic rings. The first kappa shape index (κ1) is 28.7. The normalized spacial score (nSPS) is 11.3. The Kier molecular flexibility index (Phi) is 8.93. The van der Waals surface area contributed by atoms with E-state index in [2.05, 4.69) is 26.5 Å². The zero-order valence-corrected chi connectivity index (χ0v) is 25.0. The first-order valence-electron chi connectivity index (χ1n) is 12.7. The van der Waals surface area contributed by atoms with Gasteiger partial charge in [0.1, 0.15) is 13.2 Å². The number of amides is 1. The third kappa shape index (κ3) is 6.40. The Labute approximate surface area is 254 Å². The van der Waals surface area contributed by atoms with E-state index in [1.165, 1.54) is 6.21 Å². The van der Waals surface area contributed by atoms with Crippen molar-refractivity contribution in [1.29, 1.82) is 0 Å². The van der Waals surface area contributed by atoms with Gasteiger partial charge in [0, 0.05) is 26.4 Å². The second-order valence-corrected chi connectivity index (χ2v) is 10.7. The van der Waals surface area contributed by atoms with E-state index in [0.29, 0.717) is 60.0 Å². The molecule has 1 heterocycles. The van der Waals surface area contributed by atoms with Gasteiger partial charge in [0.15, 0.2) is 16.9 Å². The fourth-order valence-corrected chi connectivity index (χ4v) is 5.50. The Morgan fingerprint density at radius 3 is 2.32 bits per heavy atom. The molecule has 41 heavy (non-hydrogen) atoms. The molecule has 10 heteroatoms. The van der Waals surface area contributed by atoms with E-state index in [-0.39, 0.29) is 24.5 Å². The van der Waals surface area contributed by atoms with Crippen LogP contribution in [-0.4, -0.2) is 23.3 Å². The van der Waals surface area contributed by atoms with Crippen LogP contribution in [0.25, 0.3) is 21.8 Å². The molecule has 0 fully saturated rings. The van der Waals surface area contributed by atoms with E-state index in [9.17, 15) is 9.59 Å². The zero-order valence-electron chi connectivity index (χ0n) is 21.9. The number of halogens is 3. The maximum absolute atomic E-state index is 12.9. The number of fused-ring (bicyclic) bond motifs is 2. The average molecular weight is 653 g/mol. The first-order valence-corrected chi connectivity index (χ1v) is 14.3. The number of ether oxygens (including phenoxy) is 2. The van der Waals surface area contributed by atoms with Gasteiger partial charge in [-0.25, -0.2) is 5.43 Å². The van der Waals surface area contributed by atoms with E-state index in [0.717, 1.165) is 5.56 Å². The summed E-state index contributed by atoms with van der Waals surface area (Å²) in [5.74, 6) is 0.672. The Morgan fingerprint density at radius 2 is 1.66 bits per heavy atom. The SMILES string of the molecule is CCOc1cc(/C=N/NC(=O)Cn2c3ccccc3c(=O)c3ccccc32)cc(Br)c1OCc1ccc(Cl)cc1Cl. The minimum atomic E-state index is -0.343. The molecule has 0 aliphatic heterocycles. The van der Waals surface area contributed by atoms with Crippen LogP contribution in [0.4, 0.5) is 0 Å². The number of hydrogen-bond donors (Lipinski definition) is 1. The summed E-state index contributed by atoms with van der Waals surface area (Å²) in [5, 5.41) is 6.31. The van der Waals surface area contributed by atoms with Crippen LogP contribution in [0, 0.1) is 0 Å². The molecule has 208 valence electrons. The van der Waals surface area contributed by atoms with Gasteiger partial charge in [-0.05, 0) is 76.9 Å². The predicted octanol–water partition coefficient (Wildman–Crippen LogP) is 7.35. The van der Waals surface area contributed by atoms with Gasteiger partial charge in [-0.3, -0.25) is 9.59 Å². The van der Waals surface area contributed by atoms with Crippen LogP contribution in [0.5, 0.6) is 11.5 Å². The Bertz CT molecular complexity index is 1800. The number of para-hydroxylation sites is 2. The molecule has 0 unspecified atom stereocenters. The van der Waals surface area contributed by atoms with Gasteiger partial charge < -0.3 is 14.0 Å². The van der Waals surface area contributed by atoms with E-state index in [1.54, 1.807) is 36.4 Å².